The number of aryl methyl sites for hydroxylation is 1. The van der Waals surface area contributed by atoms with Crippen molar-refractivity contribution in [2.75, 3.05) is 0 Å². The second-order valence-corrected chi connectivity index (χ2v) is 5.04. The maximum Gasteiger partial charge on any atom is 0.0613 e. The summed E-state index contributed by atoms with van der Waals surface area (Å²) in [5, 5.41) is 3.05. The van der Waals surface area contributed by atoms with Gasteiger partial charge >= 0.3 is 0 Å². The zero-order valence-corrected chi connectivity index (χ0v) is 10.3. The second kappa shape index (κ2) is 3.60. The third-order valence-corrected chi connectivity index (χ3v) is 4.74. The summed E-state index contributed by atoms with van der Waals surface area (Å²) in [5.41, 5.74) is 1.15. The summed E-state index contributed by atoms with van der Waals surface area (Å²) in [6.07, 6.45) is 0. The van der Waals surface area contributed by atoms with Gasteiger partial charge in [0, 0.05) is 10.2 Å². The van der Waals surface area contributed by atoms with E-state index < -0.39 is 0 Å². The van der Waals surface area contributed by atoms with E-state index in [9.17, 15) is 0 Å². The van der Waals surface area contributed by atoms with Gasteiger partial charge in [0.05, 0.1) is 9.72 Å². The summed E-state index contributed by atoms with van der Waals surface area (Å²) in [4.78, 5) is 1.32. The number of benzene rings is 1. The van der Waals surface area contributed by atoms with Gasteiger partial charge in [-0.1, -0.05) is 39.7 Å². The van der Waals surface area contributed by atoms with Crippen LogP contribution in [0.5, 0.6) is 0 Å². The molecule has 0 bridgehead atoms. The van der Waals surface area contributed by atoms with Crippen molar-refractivity contribution in [2.45, 2.75) is 12.3 Å². The average molecular weight is 276 g/mol. The lowest BCUT2D eigenvalue weighted by atomic mass is 10.2. The molecule has 0 aliphatic rings. The summed E-state index contributed by atoms with van der Waals surface area (Å²) in [6, 6.07) is 6.37. The highest BCUT2D eigenvalue weighted by Gasteiger charge is 2.06. The highest BCUT2D eigenvalue weighted by atomic mass is 79.9. The van der Waals surface area contributed by atoms with E-state index in [1.165, 1.54) is 15.0 Å². The minimum Gasteiger partial charge on any atom is -0.138 e. The van der Waals surface area contributed by atoms with Crippen molar-refractivity contribution < 1.29 is 0 Å². The highest BCUT2D eigenvalue weighted by Crippen LogP contribution is 2.34. The molecule has 1 heterocycles. The summed E-state index contributed by atoms with van der Waals surface area (Å²) in [7, 11) is 0. The molecule has 2 aromatic rings. The van der Waals surface area contributed by atoms with Crippen LogP contribution in [-0.4, -0.2) is 0 Å². The van der Waals surface area contributed by atoms with Gasteiger partial charge in [0.1, 0.15) is 0 Å². The third kappa shape index (κ3) is 1.63. The van der Waals surface area contributed by atoms with E-state index in [1.54, 1.807) is 11.3 Å². The summed E-state index contributed by atoms with van der Waals surface area (Å²) >= 11 is 11.4. The van der Waals surface area contributed by atoms with Crippen LogP contribution >= 0.6 is 38.9 Å². The van der Waals surface area contributed by atoms with Crippen molar-refractivity contribution in [3.8, 4) is 0 Å². The number of halogens is 2. The van der Waals surface area contributed by atoms with Gasteiger partial charge in [-0.3, -0.25) is 0 Å². The molecule has 0 fully saturated rings. The first-order valence-corrected chi connectivity index (χ1v) is 6.27. The second-order valence-electron chi connectivity index (χ2n) is 2.96. The third-order valence-electron chi connectivity index (χ3n) is 2.00. The van der Waals surface area contributed by atoms with Crippen LogP contribution in [0.1, 0.15) is 10.4 Å². The molecule has 1 aromatic heterocycles. The quantitative estimate of drug-likeness (QED) is 0.658. The minimum atomic E-state index is 0.898. The molecule has 0 N–H and O–H groups in total. The zero-order chi connectivity index (χ0) is 9.42. The fourth-order valence-electron chi connectivity index (χ4n) is 1.29. The van der Waals surface area contributed by atoms with E-state index in [0.717, 1.165) is 15.9 Å². The lowest BCUT2D eigenvalue weighted by Crippen LogP contribution is -1.72. The Balaban J connectivity index is 2.76. The number of thiophene rings is 1. The maximum absolute atomic E-state index is 6.19. The van der Waals surface area contributed by atoms with Crippen LogP contribution in [-0.2, 0) is 5.33 Å². The fraction of sp³-hybridized carbons (Fsp3) is 0.200. The smallest absolute Gasteiger partial charge is 0.0613 e. The molecule has 3 heteroatoms. The fourth-order valence-corrected chi connectivity index (χ4v) is 3.08. The SMILES string of the molecule is Cc1ccc2cc(CBr)sc2c1Cl. The first kappa shape index (κ1) is 9.50. The predicted octanol–water partition coefficient (Wildman–Crippen LogP) is 4.76. The van der Waals surface area contributed by atoms with E-state index in [2.05, 4.69) is 34.1 Å². The zero-order valence-electron chi connectivity index (χ0n) is 7.10. The molecule has 0 amide bonds. The molecule has 0 spiro atoms. The van der Waals surface area contributed by atoms with Crippen LogP contribution in [0, 0.1) is 6.92 Å². The molecule has 13 heavy (non-hydrogen) atoms. The van der Waals surface area contributed by atoms with Gasteiger partial charge in [-0.15, -0.1) is 11.3 Å². The Morgan fingerprint density at radius 1 is 1.46 bits per heavy atom. The number of hydrogen-bond acceptors (Lipinski definition) is 1. The molecule has 0 aliphatic carbocycles. The Labute approximate surface area is 94.7 Å². The van der Waals surface area contributed by atoms with Gasteiger partial charge in [0.15, 0.2) is 0 Å². The topological polar surface area (TPSA) is 0 Å². The van der Waals surface area contributed by atoms with E-state index in [1.807, 2.05) is 6.92 Å². The number of fused-ring (bicyclic) bond motifs is 1. The van der Waals surface area contributed by atoms with Gasteiger partial charge in [-0.25, -0.2) is 0 Å². The first-order valence-electron chi connectivity index (χ1n) is 3.96. The first-order chi connectivity index (χ1) is 6.22. The number of hydrogen-bond donors (Lipinski definition) is 0. The summed E-state index contributed by atoms with van der Waals surface area (Å²) in [6.45, 7) is 2.04. The van der Waals surface area contributed by atoms with Crippen LogP contribution in [0.25, 0.3) is 10.1 Å². The standard InChI is InChI=1S/C10H8BrClS/c1-6-2-3-7-4-8(5-11)13-10(7)9(6)12/h2-4H,5H2,1H3. The molecule has 0 aliphatic heterocycles. The normalized spacial score (nSPS) is 11.0. The molecular formula is C10H8BrClS. The Hall–Kier alpha value is -0.0500. The van der Waals surface area contributed by atoms with Gasteiger partial charge in [-0.2, -0.15) is 0 Å². The maximum atomic E-state index is 6.19. The molecule has 0 saturated carbocycles. The monoisotopic (exact) mass is 274 g/mol. The Bertz CT molecular complexity index is 447. The van der Waals surface area contributed by atoms with Crippen molar-refractivity contribution in [3.05, 3.63) is 33.7 Å². The van der Waals surface area contributed by atoms with Crippen LogP contribution in [0.4, 0.5) is 0 Å². The lowest BCUT2D eigenvalue weighted by Gasteiger charge is -1.96. The molecule has 0 atom stereocenters. The molecule has 1 aromatic carbocycles. The van der Waals surface area contributed by atoms with Crippen LogP contribution in [0.2, 0.25) is 5.02 Å². The van der Waals surface area contributed by atoms with Crippen LogP contribution in [0.15, 0.2) is 18.2 Å². The van der Waals surface area contributed by atoms with E-state index in [0.29, 0.717) is 0 Å². The highest BCUT2D eigenvalue weighted by molar-refractivity contribution is 9.08. The molecule has 0 saturated heterocycles. The molecule has 2 rings (SSSR count). The number of rotatable bonds is 1. The molecular weight excluding hydrogens is 268 g/mol. The lowest BCUT2D eigenvalue weighted by molar-refractivity contribution is 1.51. The van der Waals surface area contributed by atoms with E-state index >= 15 is 0 Å². The van der Waals surface area contributed by atoms with Crippen LogP contribution < -0.4 is 0 Å². The molecule has 0 nitrogen and oxygen atoms in total. The van der Waals surface area contributed by atoms with Gasteiger partial charge in [-0.05, 0) is 23.9 Å². The van der Waals surface area contributed by atoms with E-state index in [-0.39, 0.29) is 0 Å². The van der Waals surface area contributed by atoms with Crippen molar-refractivity contribution in [3.63, 3.8) is 0 Å². The molecule has 68 valence electrons. The minimum absolute atomic E-state index is 0.898. The van der Waals surface area contributed by atoms with Crippen molar-refractivity contribution in [2.24, 2.45) is 0 Å². The largest absolute Gasteiger partial charge is 0.138 e. The van der Waals surface area contributed by atoms with Gasteiger partial charge < -0.3 is 0 Å². The summed E-state index contributed by atoms with van der Waals surface area (Å²) < 4.78 is 1.20. The van der Waals surface area contributed by atoms with Gasteiger partial charge in [0.2, 0.25) is 0 Å². The Morgan fingerprint density at radius 2 is 2.23 bits per heavy atom. The van der Waals surface area contributed by atoms with Crippen molar-refractivity contribution in [1.82, 2.24) is 0 Å². The van der Waals surface area contributed by atoms with E-state index in [4.69, 9.17) is 11.6 Å². The van der Waals surface area contributed by atoms with Crippen molar-refractivity contribution >= 4 is 49.0 Å². The Kier molecular flexibility index (Phi) is 2.63. The van der Waals surface area contributed by atoms with Crippen LogP contribution in [0.3, 0.4) is 0 Å². The predicted molar refractivity (Wildman–Crippen MR) is 64.2 cm³/mol. The molecule has 0 unspecified atom stereocenters. The summed E-state index contributed by atoms with van der Waals surface area (Å²) in [5.74, 6) is 0. The number of alkyl halides is 1. The van der Waals surface area contributed by atoms with Crippen molar-refractivity contribution in [1.29, 1.82) is 0 Å². The Morgan fingerprint density at radius 3 is 2.92 bits per heavy atom. The van der Waals surface area contributed by atoms with Gasteiger partial charge in [0.25, 0.3) is 0 Å². The average Bonchev–Trinajstić information content (AvgIpc) is 2.55. The molecule has 0 radical (unpaired) electrons.